The molecule has 2 atom stereocenters. The summed E-state index contributed by atoms with van der Waals surface area (Å²) in [6.07, 6.45) is 2.37. The van der Waals surface area contributed by atoms with Crippen LogP contribution >= 0.6 is 0 Å². The highest BCUT2D eigenvalue weighted by Crippen LogP contribution is 2.22. The van der Waals surface area contributed by atoms with Crippen LogP contribution in [0.2, 0.25) is 0 Å². The van der Waals surface area contributed by atoms with Gasteiger partial charge in [-0.2, -0.15) is 0 Å². The molecule has 5 heteroatoms. The number of hydrogen-bond acceptors (Lipinski definition) is 4. The van der Waals surface area contributed by atoms with Crippen LogP contribution in [0.3, 0.4) is 0 Å². The lowest BCUT2D eigenvalue weighted by atomic mass is 10.0. The molecule has 0 radical (unpaired) electrons. The topological polar surface area (TPSA) is 61.8 Å². The first-order chi connectivity index (χ1) is 8.35. The summed E-state index contributed by atoms with van der Waals surface area (Å²) < 4.78 is 5.83. The van der Waals surface area contributed by atoms with Crippen LogP contribution in [0.5, 0.6) is 0 Å². The molecule has 1 heterocycles. The number of carboxylic acids is 1. The molecule has 1 saturated heterocycles. The fraction of sp³-hybridized carbons (Fsp3) is 0.923. The zero-order valence-electron chi connectivity index (χ0n) is 11.5. The van der Waals surface area contributed by atoms with Crippen LogP contribution in [-0.2, 0) is 9.53 Å². The van der Waals surface area contributed by atoms with Crippen LogP contribution < -0.4 is 5.32 Å². The molecule has 0 aromatic heterocycles. The normalized spacial score (nSPS) is 30.1. The first kappa shape index (κ1) is 13.8. The molecule has 0 aromatic rings. The van der Waals surface area contributed by atoms with E-state index in [1.807, 2.05) is 6.92 Å². The van der Waals surface area contributed by atoms with Gasteiger partial charge in [0.2, 0.25) is 0 Å². The quantitative estimate of drug-likeness (QED) is 0.758. The predicted molar refractivity (Wildman–Crippen MR) is 68.6 cm³/mol. The Morgan fingerprint density at radius 2 is 2.22 bits per heavy atom. The summed E-state index contributed by atoms with van der Waals surface area (Å²) in [4.78, 5) is 13.5. The van der Waals surface area contributed by atoms with Crippen LogP contribution in [-0.4, -0.2) is 59.4 Å². The molecule has 2 N–H and O–H groups in total. The standard InChI is InChI=1S/C13H24N2O3/c1-9-6-15(8-13(2,3)18-9)7-11(12(16)17)14-10-4-5-10/h9-11,14H,4-8H2,1-3H3,(H,16,17). The second-order valence-corrected chi connectivity index (χ2v) is 6.21. The minimum Gasteiger partial charge on any atom is -0.480 e. The molecule has 1 aliphatic heterocycles. The largest absolute Gasteiger partial charge is 0.480 e. The highest BCUT2D eigenvalue weighted by Gasteiger charge is 2.35. The molecular weight excluding hydrogens is 232 g/mol. The Kier molecular flexibility index (Phi) is 3.94. The van der Waals surface area contributed by atoms with Crippen molar-refractivity contribution in [3.8, 4) is 0 Å². The van der Waals surface area contributed by atoms with Crippen LogP contribution in [0.4, 0.5) is 0 Å². The fourth-order valence-electron chi connectivity index (χ4n) is 2.72. The van der Waals surface area contributed by atoms with Crippen molar-refractivity contribution in [1.29, 1.82) is 0 Å². The monoisotopic (exact) mass is 256 g/mol. The van der Waals surface area contributed by atoms with Crippen molar-refractivity contribution in [1.82, 2.24) is 10.2 Å². The Labute approximate surface area is 108 Å². The first-order valence-corrected chi connectivity index (χ1v) is 6.75. The Hall–Kier alpha value is -0.650. The summed E-state index contributed by atoms with van der Waals surface area (Å²) in [6.45, 7) is 8.30. The number of rotatable bonds is 5. The molecule has 0 bridgehead atoms. The van der Waals surface area contributed by atoms with E-state index in [-0.39, 0.29) is 11.7 Å². The van der Waals surface area contributed by atoms with Gasteiger partial charge >= 0.3 is 5.97 Å². The number of nitrogens with zero attached hydrogens (tertiary/aromatic N) is 1. The number of carbonyl (C=O) groups is 1. The molecule has 5 nitrogen and oxygen atoms in total. The Morgan fingerprint density at radius 3 is 2.72 bits per heavy atom. The lowest BCUT2D eigenvalue weighted by Gasteiger charge is -2.42. The van der Waals surface area contributed by atoms with E-state index in [9.17, 15) is 9.90 Å². The van der Waals surface area contributed by atoms with Gasteiger partial charge in [0, 0.05) is 25.7 Å². The Bertz CT molecular complexity index is 315. The first-order valence-electron chi connectivity index (χ1n) is 6.75. The number of carboxylic acid groups (broad SMARTS) is 1. The minimum absolute atomic E-state index is 0.157. The van der Waals surface area contributed by atoms with Gasteiger partial charge in [0.25, 0.3) is 0 Å². The Balaban J connectivity index is 1.90. The zero-order valence-corrected chi connectivity index (χ0v) is 11.5. The second kappa shape index (κ2) is 5.15. The van der Waals surface area contributed by atoms with Crippen molar-refractivity contribution in [3.63, 3.8) is 0 Å². The maximum absolute atomic E-state index is 11.3. The van der Waals surface area contributed by atoms with Gasteiger partial charge in [0.15, 0.2) is 0 Å². The van der Waals surface area contributed by atoms with Gasteiger partial charge in [-0.15, -0.1) is 0 Å². The predicted octanol–water partition coefficient (Wildman–Crippen LogP) is 0.691. The summed E-state index contributed by atoms with van der Waals surface area (Å²) in [5, 5.41) is 12.5. The fourth-order valence-corrected chi connectivity index (χ4v) is 2.72. The lowest BCUT2D eigenvalue weighted by molar-refractivity contribution is -0.146. The van der Waals surface area contributed by atoms with E-state index in [4.69, 9.17) is 4.74 Å². The van der Waals surface area contributed by atoms with Gasteiger partial charge in [0.05, 0.1) is 11.7 Å². The van der Waals surface area contributed by atoms with Gasteiger partial charge in [-0.3, -0.25) is 9.69 Å². The average Bonchev–Trinajstić information content (AvgIpc) is 2.96. The van der Waals surface area contributed by atoms with E-state index in [2.05, 4.69) is 24.1 Å². The van der Waals surface area contributed by atoms with E-state index in [0.29, 0.717) is 12.6 Å². The van der Waals surface area contributed by atoms with Crippen molar-refractivity contribution in [3.05, 3.63) is 0 Å². The van der Waals surface area contributed by atoms with Crippen LogP contribution in [0, 0.1) is 0 Å². The minimum atomic E-state index is -0.751. The van der Waals surface area contributed by atoms with Crippen LogP contribution in [0.1, 0.15) is 33.6 Å². The summed E-state index contributed by atoms with van der Waals surface area (Å²) in [7, 11) is 0. The van der Waals surface area contributed by atoms with E-state index >= 15 is 0 Å². The summed E-state index contributed by atoms with van der Waals surface area (Å²) >= 11 is 0. The average molecular weight is 256 g/mol. The van der Waals surface area contributed by atoms with Gasteiger partial charge < -0.3 is 15.2 Å². The zero-order chi connectivity index (χ0) is 13.3. The van der Waals surface area contributed by atoms with Crippen molar-refractivity contribution in [2.24, 2.45) is 0 Å². The van der Waals surface area contributed by atoms with Crippen LogP contribution in [0.25, 0.3) is 0 Å². The third-order valence-corrected chi connectivity index (χ3v) is 3.39. The molecule has 2 unspecified atom stereocenters. The second-order valence-electron chi connectivity index (χ2n) is 6.21. The molecule has 104 valence electrons. The molecule has 1 aliphatic carbocycles. The third kappa shape index (κ3) is 3.93. The van der Waals surface area contributed by atoms with Crippen LogP contribution in [0.15, 0.2) is 0 Å². The SMILES string of the molecule is CC1CN(CC(NC2CC2)C(=O)O)CC(C)(C)O1. The molecule has 0 amide bonds. The molecule has 2 fully saturated rings. The van der Waals surface area contributed by atoms with E-state index in [1.54, 1.807) is 0 Å². The van der Waals surface area contributed by atoms with E-state index in [0.717, 1.165) is 25.9 Å². The van der Waals surface area contributed by atoms with E-state index in [1.165, 1.54) is 0 Å². The van der Waals surface area contributed by atoms with Crippen molar-refractivity contribution < 1.29 is 14.6 Å². The molecule has 2 aliphatic rings. The number of morpholine rings is 1. The highest BCUT2D eigenvalue weighted by atomic mass is 16.5. The maximum Gasteiger partial charge on any atom is 0.322 e. The van der Waals surface area contributed by atoms with E-state index < -0.39 is 12.0 Å². The van der Waals surface area contributed by atoms with Gasteiger partial charge in [-0.1, -0.05) is 0 Å². The summed E-state index contributed by atoms with van der Waals surface area (Å²) in [5.41, 5.74) is -0.194. The molecule has 1 saturated carbocycles. The van der Waals surface area contributed by atoms with Crippen molar-refractivity contribution in [2.75, 3.05) is 19.6 Å². The van der Waals surface area contributed by atoms with Gasteiger partial charge in [-0.05, 0) is 33.6 Å². The molecular formula is C13H24N2O3. The summed E-state index contributed by atoms with van der Waals surface area (Å²) in [6, 6.07) is -0.0452. The third-order valence-electron chi connectivity index (χ3n) is 3.39. The smallest absolute Gasteiger partial charge is 0.322 e. The molecule has 0 aromatic carbocycles. The number of ether oxygens (including phenoxy) is 1. The van der Waals surface area contributed by atoms with Crippen molar-refractivity contribution in [2.45, 2.75) is 57.4 Å². The van der Waals surface area contributed by atoms with Crippen molar-refractivity contribution >= 4 is 5.97 Å². The maximum atomic E-state index is 11.3. The number of aliphatic carboxylic acids is 1. The number of nitrogens with one attached hydrogen (secondary N) is 1. The summed E-state index contributed by atoms with van der Waals surface area (Å²) in [5.74, 6) is -0.751. The molecule has 2 rings (SSSR count). The van der Waals surface area contributed by atoms with Gasteiger partial charge in [0.1, 0.15) is 6.04 Å². The highest BCUT2D eigenvalue weighted by molar-refractivity contribution is 5.73. The molecule has 0 spiro atoms. The Morgan fingerprint density at radius 1 is 1.56 bits per heavy atom. The molecule has 18 heavy (non-hydrogen) atoms. The van der Waals surface area contributed by atoms with Gasteiger partial charge in [-0.25, -0.2) is 0 Å². The lowest BCUT2D eigenvalue weighted by Crippen LogP contribution is -2.56. The number of hydrogen-bond donors (Lipinski definition) is 2.